The van der Waals surface area contributed by atoms with Gasteiger partial charge in [0, 0.05) is 39.5 Å². The zero-order chi connectivity index (χ0) is 41.6. The molecule has 2 aromatic heterocycles. The number of hydrogen-bond donors (Lipinski definition) is 0. The summed E-state index contributed by atoms with van der Waals surface area (Å²) in [5.41, 5.74) is 9.02. The Hall–Kier alpha value is -8.34. The van der Waals surface area contributed by atoms with E-state index < -0.39 is 0 Å². The minimum Gasteiger partial charge on any atom is -0.457 e. The Bertz CT molecular complexity index is 3950. The highest BCUT2D eigenvalue weighted by atomic mass is 16.5. The van der Waals surface area contributed by atoms with Gasteiger partial charge in [-0.25, -0.2) is 9.97 Å². The van der Waals surface area contributed by atoms with Crippen LogP contribution in [0.2, 0.25) is 0 Å². The summed E-state index contributed by atoms with van der Waals surface area (Å²) < 4.78 is 13.9. The van der Waals surface area contributed by atoms with Crippen LogP contribution in [0.25, 0.3) is 110 Å². The van der Waals surface area contributed by atoms with E-state index in [1.54, 1.807) is 0 Å². The summed E-state index contributed by atoms with van der Waals surface area (Å²) >= 11 is 0. The minimum atomic E-state index is 0.501. The van der Waals surface area contributed by atoms with Gasteiger partial charge >= 0.3 is 0 Å². The van der Waals surface area contributed by atoms with Gasteiger partial charge in [0.25, 0.3) is 0 Å². The van der Waals surface area contributed by atoms with Crippen molar-refractivity contribution in [2.45, 2.75) is 6.42 Å². The van der Waals surface area contributed by atoms with E-state index in [4.69, 9.17) is 19.1 Å². The Kier molecular flexibility index (Phi) is 7.79. The van der Waals surface area contributed by atoms with E-state index in [0.717, 1.165) is 104 Å². The number of allylic oxidation sites excluding steroid dienone is 1. The van der Waals surface area contributed by atoms with E-state index in [1.807, 2.05) is 0 Å². The molecule has 0 saturated carbocycles. The number of furan rings is 1. The fraction of sp³-hybridized carbons (Fsp3) is 0.0169. The standard InChI is InChI=1S/C59H36N2O2/c1-35-48(30-38-16-2-3-17-39(38)31-49-42-20-8-4-14-36(42)26-28-54(49)62-35)52-34-53(61-59(60-52)50-32-40-18-6-9-21-43(40)46-24-12-13-25-47(46)50)51-33-41-19-7-11-23-45(41)57-56-44-22-10-5-15-37(44)27-29-55(56)63-58(51)57/h2-30,32-34H,1,31H2. The highest BCUT2D eigenvalue weighted by Crippen LogP contribution is 2.45. The number of benzene rings is 10. The van der Waals surface area contributed by atoms with E-state index >= 15 is 0 Å². The van der Waals surface area contributed by atoms with Gasteiger partial charge in [-0.3, -0.25) is 0 Å². The fourth-order valence-corrected chi connectivity index (χ4v) is 9.92. The second-order valence-electron chi connectivity index (χ2n) is 16.5. The number of aromatic nitrogens is 2. The molecule has 0 aliphatic carbocycles. The van der Waals surface area contributed by atoms with Crippen LogP contribution in [-0.2, 0) is 6.42 Å². The van der Waals surface area contributed by atoms with Crippen LogP contribution in [0.3, 0.4) is 0 Å². The zero-order valence-corrected chi connectivity index (χ0v) is 34.1. The summed E-state index contributed by atoms with van der Waals surface area (Å²) in [6.45, 7) is 4.64. The molecule has 63 heavy (non-hydrogen) atoms. The number of hydrogen-bond acceptors (Lipinski definition) is 4. The lowest BCUT2D eigenvalue weighted by Gasteiger charge is -2.17. The Morgan fingerprint density at radius 1 is 0.460 bits per heavy atom. The van der Waals surface area contributed by atoms with Gasteiger partial charge in [-0.15, -0.1) is 0 Å². The van der Waals surface area contributed by atoms with Gasteiger partial charge in [-0.1, -0.05) is 164 Å². The molecule has 13 rings (SSSR count). The maximum atomic E-state index is 6.99. The molecule has 0 bridgehead atoms. The third kappa shape index (κ3) is 5.62. The van der Waals surface area contributed by atoms with Gasteiger partial charge in [0.15, 0.2) is 5.82 Å². The van der Waals surface area contributed by atoms with Crippen molar-refractivity contribution >= 4 is 87.4 Å². The molecule has 0 spiro atoms. The monoisotopic (exact) mass is 804 g/mol. The van der Waals surface area contributed by atoms with Crippen molar-refractivity contribution < 1.29 is 9.15 Å². The Morgan fingerprint density at radius 3 is 1.86 bits per heavy atom. The SMILES string of the molecule is C=C1Oc2ccc3ccccc3c2Cc2ccccc2C=C1c1cc(-c2cc3ccccc3c3c2oc2ccc4ccccc4c23)nc(-c2cc3ccccc3c3ccccc23)n1. The summed E-state index contributed by atoms with van der Waals surface area (Å²) in [5.74, 6) is 1.88. The largest absolute Gasteiger partial charge is 0.457 e. The van der Waals surface area contributed by atoms with Crippen molar-refractivity contribution in [3.05, 3.63) is 223 Å². The van der Waals surface area contributed by atoms with Crippen molar-refractivity contribution in [3.63, 3.8) is 0 Å². The van der Waals surface area contributed by atoms with Crippen molar-refractivity contribution in [1.29, 1.82) is 0 Å². The average Bonchev–Trinajstić information content (AvgIpc) is 3.76. The number of fused-ring (bicyclic) bond motifs is 14. The molecule has 1 aliphatic rings. The molecule has 0 atom stereocenters. The molecule has 4 nitrogen and oxygen atoms in total. The van der Waals surface area contributed by atoms with Crippen LogP contribution >= 0.6 is 0 Å². The van der Waals surface area contributed by atoms with E-state index in [-0.39, 0.29) is 0 Å². The zero-order valence-electron chi connectivity index (χ0n) is 34.1. The second-order valence-corrected chi connectivity index (χ2v) is 16.5. The highest BCUT2D eigenvalue weighted by molar-refractivity contribution is 6.28. The van der Waals surface area contributed by atoms with Crippen molar-refractivity contribution in [1.82, 2.24) is 9.97 Å². The van der Waals surface area contributed by atoms with Crippen LogP contribution in [0.5, 0.6) is 5.75 Å². The third-order valence-corrected chi connectivity index (χ3v) is 12.9. The van der Waals surface area contributed by atoms with Crippen LogP contribution < -0.4 is 4.74 Å². The molecule has 1 aliphatic heterocycles. The molecular formula is C59H36N2O2. The van der Waals surface area contributed by atoms with E-state index in [9.17, 15) is 0 Å². The predicted molar refractivity (Wildman–Crippen MR) is 261 cm³/mol. The topological polar surface area (TPSA) is 48.2 Å². The van der Waals surface area contributed by atoms with Crippen molar-refractivity contribution in [3.8, 4) is 28.4 Å². The second kappa shape index (κ2) is 13.8. The molecule has 0 amide bonds. The first-order valence-electron chi connectivity index (χ1n) is 21.4. The minimum absolute atomic E-state index is 0.501. The quantitative estimate of drug-likeness (QED) is 0.167. The summed E-state index contributed by atoms with van der Waals surface area (Å²) in [6.07, 6.45) is 2.88. The first-order chi connectivity index (χ1) is 31.1. The maximum absolute atomic E-state index is 6.99. The smallest absolute Gasteiger partial charge is 0.161 e. The summed E-state index contributed by atoms with van der Waals surface area (Å²) in [5, 5.41) is 13.6. The lowest BCUT2D eigenvalue weighted by atomic mass is 9.93. The van der Waals surface area contributed by atoms with Gasteiger partial charge in [0.1, 0.15) is 22.7 Å². The lowest BCUT2D eigenvalue weighted by Crippen LogP contribution is -2.04. The summed E-state index contributed by atoms with van der Waals surface area (Å²) in [7, 11) is 0. The van der Waals surface area contributed by atoms with Gasteiger partial charge in [0.05, 0.1) is 11.4 Å². The Morgan fingerprint density at radius 2 is 1.05 bits per heavy atom. The van der Waals surface area contributed by atoms with Crippen LogP contribution in [-0.4, -0.2) is 9.97 Å². The van der Waals surface area contributed by atoms with Crippen molar-refractivity contribution in [2.24, 2.45) is 0 Å². The first-order valence-corrected chi connectivity index (χ1v) is 21.4. The third-order valence-electron chi connectivity index (χ3n) is 12.9. The van der Waals surface area contributed by atoms with Gasteiger partial charge in [-0.2, -0.15) is 0 Å². The number of nitrogens with zero attached hydrogens (tertiary/aromatic N) is 2. The molecule has 0 unspecified atom stereocenters. The molecule has 12 aromatic rings. The van der Waals surface area contributed by atoms with E-state index in [2.05, 4.69) is 201 Å². The predicted octanol–water partition coefficient (Wildman–Crippen LogP) is 15.5. The molecule has 10 aromatic carbocycles. The van der Waals surface area contributed by atoms with Crippen LogP contribution in [0, 0.1) is 0 Å². The normalized spacial score (nSPS) is 13.0. The molecule has 0 saturated heterocycles. The molecule has 0 fully saturated rings. The Labute approximate surface area is 362 Å². The van der Waals surface area contributed by atoms with Gasteiger partial charge in [-0.05, 0) is 101 Å². The van der Waals surface area contributed by atoms with Gasteiger partial charge in [0.2, 0.25) is 0 Å². The molecule has 0 radical (unpaired) electrons. The first kappa shape index (κ1) is 35.4. The molecule has 294 valence electrons. The lowest BCUT2D eigenvalue weighted by molar-refractivity contribution is 0.448. The highest BCUT2D eigenvalue weighted by Gasteiger charge is 2.24. The van der Waals surface area contributed by atoms with E-state index in [0.29, 0.717) is 23.7 Å². The number of rotatable bonds is 3. The van der Waals surface area contributed by atoms with E-state index in [1.165, 1.54) is 16.3 Å². The molecular weight excluding hydrogens is 769 g/mol. The number of ether oxygens (including phenoxy) is 1. The van der Waals surface area contributed by atoms with Crippen LogP contribution in [0.1, 0.15) is 22.4 Å². The summed E-state index contributed by atoms with van der Waals surface area (Å²) in [4.78, 5) is 11.1. The maximum Gasteiger partial charge on any atom is 0.161 e. The molecule has 3 heterocycles. The van der Waals surface area contributed by atoms with Crippen LogP contribution in [0.15, 0.2) is 205 Å². The van der Waals surface area contributed by atoms with Crippen LogP contribution in [0.4, 0.5) is 0 Å². The van der Waals surface area contributed by atoms with Crippen molar-refractivity contribution in [2.75, 3.05) is 0 Å². The van der Waals surface area contributed by atoms with Gasteiger partial charge < -0.3 is 9.15 Å². The molecule has 0 N–H and O–H groups in total. The Balaban J connectivity index is 1.12. The summed E-state index contributed by atoms with van der Waals surface area (Å²) in [6, 6.07) is 66.2. The average molecular weight is 805 g/mol. The fourth-order valence-electron chi connectivity index (χ4n) is 9.92. The molecule has 4 heteroatoms.